The number of aromatic nitrogens is 3. The van der Waals surface area contributed by atoms with Gasteiger partial charge in [-0.05, 0) is 54.6 Å². The SMILES string of the molecule is COc1ccc(Cn2c(C3C4CCCCC43)n[nH]c2=S)cc1. The third-order valence-electron chi connectivity index (χ3n) is 5.24. The second kappa shape index (κ2) is 5.54. The first-order chi connectivity index (χ1) is 10.8. The van der Waals surface area contributed by atoms with Crippen LogP contribution in [0.5, 0.6) is 5.75 Å². The topological polar surface area (TPSA) is 42.8 Å². The molecule has 0 bridgehead atoms. The van der Waals surface area contributed by atoms with Gasteiger partial charge in [-0.15, -0.1) is 0 Å². The summed E-state index contributed by atoms with van der Waals surface area (Å²) in [5.41, 5.74) is 1.23. The highest BCUT2D eigenvalue weighted by atomic mass is 32.1. The Kier molecular flexibility index (Phi) is 3.53. The molecule has 2 aliphatic carbocycles. The van der Waals surface area contributed by atoms with Crippen LogP contribution in [0.3, 0.4) is 0 Å². The molecule has 0 amide bonds. The molecule has 1 N–H and O–H groups in total. The number of fused-ring (bicyclic) bond motifs is 1. The van der Waals surface area contributed by atoms with Crippen LogP contribution in [0.2, 0.25) is 0 Å². The van der Waals surface area contributed by atoms with Gasteiger partial charge < -0.3 is 4.74 Å². The minimum absolute atomic E-state index is 0.619. The summed E-state index contributed by atoms with van der Waals surface area (Å²) in [6.45, 7) is 0.782. The highest BCUT2D eigenvalue weighted by Crippen LogP contribution is 2.60. The highest BCUT2D eigenvalue weighted by molar-refractivity contribution is 7.71. The predicted molar refractivity (Wildman–Crippen MR) is 87.7 cm³/mol. The van der Waals surface area contributed by atoms with Crippen LogP contribution in [0.25, 0.3) is 0 Å². The molecule has 0 aliphatic heterocycles. The molecule has 2 atom stereocenters. The Morgan fingerprint density at radius 1 is 1.23 bits per heavy atom. The molecule has 2 unspecified atom stereocenters. The van der Waals surface area contributed by atoms with Gasteiger partial charge in [0.05, 0.1) is 13.7 Å². The summed E-state index contributed by atoms with van der Waals surface area (Å²) in [5.74, 6) is 4.35. The van der Waals surface area contributed by atoms with Crippen molar-refractivity contribution in [3.63, 3.8) is 0 Å². The molecule has 1 aromatic carbocycles. The lowest BCUT2D eigenvalue weighted by atomic mass is 10.0. The average Bonchev–Trinajstić information content (AvgIpc) is 3.18. The van der Waals surface area contributed by atoms with E-state index in [-0.39, 0.29) is 0 Å². The van der Waals surface area contributed by atoms with E-state index in [0.717, 1.165) is 34.7 Å². The Morgan fingerprint density at radius 2 is 1.91 bits per heavy atom. The Hall–Kier alpha value is -1.62. The van der Waals surface area contributed by atoms with E-state index < -0.39 is 0 Å². The van der Waals surface area contributed by atoms with Gasteiger partial charge in [0.15, 0.2) is 4.77 Å². The quantitative estimate of drug-likeness (QED) is 0.870. The number of hydrogen-bond acceptors (Lipinski definition) is 3. The Bertz CT molecular complexity index is 706. The van der Waals surface area contributed by atoms with Crippen LogP contribution in [0, 0.1) is 16.6 Å². The number of benzene rings is 1. The average molecular weight is 315 g/mol. The molecular weight excluding hydrogens is 294 g/mol. The van der Waals surface area contributed by atoms with Crippen molar-refractivity contribution in [2.75, 3.05) is 7.11 Å². The molecule has 0 radical (unpaired) electrons. The van der Waals surface area contributed by atoms with E-state index >= 15 is 0 Å². The minimum Gasteiger partial charge on any atom is -0.497 e. The van der Waals surface area contributed by atoms with E-state index in [1.54, 1.807) is 7.11 Å². The van der Waals surface area contributed by atoms with Gasteiger partial charge in [0, 0.05) is 5.92 Å². The van der Waals surface area contributed by atoms with E-state index in [0.29, 0.717) is 5.92 Å². The first-order valence-corrected chi connectivity index (χ1v) is 8.47. The van der Waals surface area contributed by atoms with Crippen molar-refractivity contribution in [2.45, 2.75) is 38.1 Å². The van der Waals surface area contributed by atoms with Gasteiger partial charge in [-0.25, -0.2) is 0 Å². The maximum absolute atomic E-state index is 5.45. The fraction of sp³-hybridized carbons (Fsp3) is 0.529. The standard InChI is InChI=1S/C17H21N3OS/c1-21-12-8-6-11(7-9-12)10-20-16(18-19-17(20)22)15-13-4-2-3-5-14(13)15/h6-9,13-15H,2-5,10H2,1H3,(H,19,22). The Morgan fingerprint density at radius 3 is 2.55 bits per heavy atom. The van der Waals surface area contributed by atoms with Crippen LogP contribution in [-0.4, -0.2) is 21.9 Å². The van der Waals surface area contributed by atoms with Crippen molar-refractivity contribution in [3.05, 3.63) is 40.4 Å². The number of methoxy groups -OCH3 is 1. The summed E-state index contributed by atoms with van der Waals surface area (Å²) < 4.78 is 8.13. The van der Waals surface area contributed by atoms with Crippen molar-refractivity contribution in [3.8, 4) is 5.75 Å². The summed E-state index contributed by atoms with van der Waals surface area (Å²) in [6.07, 6.45) is 5.47. The van der Waals surface area contributed by atoms with Crippen LogP contribution in [0.1, 0.15) is 43.0 Å². The molecule has 0 saturated heterocycles. The molecule has 116 valence electrons. The van der Waals surface area contributed by atoms with Crippen molar-refractivity contribution in [1.29, 1.82) is 0 Å². The van der Waals surface area contributed by atoms with Crippen molar-refractivity contribution >= 4 is 12.2 Å². The van der Waals surface area contributed by atoms with Crippen LogP contribution in [0.4, 0.5) is 0 Å². The monoisotopic (exact) mass is 315 g/mol. The predicted octanol–water partition coefficient (Wildman–Crippen LogP) is 3.90. The van der Waals surface area contributed by atoms with Gasteiger partial charge in [0.2, 0.25) is 0 Å². The third-order valence-corrected chi connectivity index (χ3v) is 5.55. The number of hydrogen-bond donors (Lipinski definition) is 1. The lowest BCUT2D eigenvalue weighted by molar-refractivity contribution is 0.414. The van der Waals surface area contributed by atoms with Gasteiger partial charge >= 0.3 is 0 Å². The fourth-order valence-corrected chi connectivity index (χ4v) is 4.23. The van der Waals surface area contributed by atoms with Crippen molar-refractivity contribution in [2.24, 2.45) is 11.8 Å². The number of ether oxygens (including phenoxy) is 1. The summed E-state index contributed by atoms with van der Waals surface area (Å²) in [5, 5.41) is 7.56. The second-order valence-electron chi connectivity index (χ2n) is 6.46. The number of nitrogens with one attached hydrogen (secondary N) is 1. The molecule has 0 spiro atoms. The first-order valence-electron chi connectivity index (χ1n) is 8.06. The number of rotatable bonds is 4. The summed E-state index contributed by atoms with van der Waals surface area (Å²) in [7, 11) is 1.69. The van der Waals surface area contributed by atoms with Crippen LogP contribution >= 0.6 is 12.2 Å². The lowest BCUT2D eigenvalue weighted by Gasteiger charge is -2.08. The second-order valence-corrected chi connectivity index (χ2v) is 6.85. The zero-order valence-corrected chi connectivity index (χ0v) is 13.6. The summed E-state index contributed by atoms with van der Waals surface area (Å²) in [4.78, 5) is 0. The first kappa shape index (κ1) is 14.0. The molecule has 2 fully saturated rings. The molecule has 22 heavy (non-hydrogen) atoms. The van der Waals surface area contributed by atoms with Gasteiger partial charge in [0.1, 0.15) is 11.6 Å². The molecule has 1 heterocycles. The van der Waals surface area contributed by atoms with Gasteiger partial charge in [-0.2, -0.15) is 5.10 Å². The molecule has 2 saturated carbocycles. The maximum atomic E-state index is 5.45. The fourth-order valence-electron chi connectivity index (χ4n) is 4.03. The van der Waals surface area contributed by atoms with E-state index in [9.17, 15) is 0 Å². The van der Waals surface area contributed by atoms with Gasteiger partial charge in [-0.3, -0.25) is 9.67 Å². The van der Waals surface area contributed by atoms with Crippen LogP contribution in [0.15, 0.2) is 24.3 Å². The summed E-state index contributed by atoms with van der Waals surface area (Å²) >= 11 is 5.45. The molecule has 5 heteroatoms. The van der Waals surface area contributed by atoms with E-state index in [2.05, 4.69) is 26.9 Å². The third kappa shape index (κ3) is 2.37. The van der Waals surface area contributed by atoms with Gasteiger partial charge in [0.25, 0.3) is 0 Å². The van der Waals surface area contributed by atoms with Crippen LogP contribution in [-0.2, 0) is 6.54 Å². The maximum Gasteiger partial charge on any atom is 0.195 e. The van der Waals surface area contributed by atoms with E-state index in [4.69, 9.17) is 17.0 Å². The molecule has 2 aliphatic rings. The lowest BCUT2D eigenvalue weighted by Crippen LogP contribution is -2.05. The zero-order valence-electron chi connectivity index (χ0n) is 12.8. The molecule has 4 rings (SSSR count). The summed E-state index contributed by atoms with van der Waals surface area (Å²) in [6, 6.07) is 8.18. The Labute approximate surface area is 135 Å². The van der Waals surface area contributed by atoms with Crippen LogP contribution < -0.4 is 4.74 Å². The smallest absolute Gasteiger partial charge is 0.195 e. The normalized spacial score (nSPS) is 26.5. The molecule has 1 aromatic heterocycles. The van der Waals surface area contributed by atoms with Crippen molar-refractivity contribution < 1.29 is 4.74 Å². The minimum atomic E-state index is 0.619. The van der Waals surface area contributed by atoms with Gasteiger partial charge in [-0.1, -0.05) is 25.0 Å². The molecule has 2 aromatic rings. The number of H-pyrrole nitrogens is 1. The molecule has 4 nitrogen and oxygen atoms in total. The Balaban J connectivity index is 1.59. The zero-order chi connectivity index (χ0) is 15.1. The number of aromatic amines is 1. The van der Waals surface area contributed by atoms with E-state index in [1.807, 2.05) is 12.1 Å². The van der Waals surface area contributed by atoms with E-state index in [1.165, 1.54) is 31.2 Å². The van der Waals surface area contributed by atoms with Crippen molar-refractivity contribution in [1.82, 2.24) is 14.8 Å². The highest BCUT2D eigenvalue weighted by Gasteiger charge is 2.53. The number of nitrogens with zero attached hydrogens (tertiary/aromatic N) is 2. The molecular formula is C17H21N3OS. The largest absolute Gasteiger partial charge is 0.497 e.